The molecule has 0 saturated carbocycles. The summed E-state index contributed by atoms with van der Waals surface area (Å²) in [5, 5.41) is 3.26. The molecule has 0 radical (unpaired) electrons. The number of halogens is 1. The Kier molecular flexibility index (Phi) is 4.86. The van der Waals surface area contributed by atoms with Crippen molar-refractivity contribution in [2.75, 3.05) is 17.0 Å². The zero-order valence-electron chi connectivity index (χ0n) is 10.9. The lowest BCUT2D eigenvalue weighted by Crippen LogP contribution is -2.40. The van der Waals surface area contributed by atoms with Gasteiger partial charge in [0.05, 0.1) is 11.4 Å². The molecule has 4 nitrogen and oxygen atoms in total. The molecule has 1 aromatic carbocycles. The summed E-state index contributed by atoms with van der Waals surface area (Å²) in [4.78, 5) is 0. The Balaban J connectivity index is 2.03. The van der Waals surface area contributed by atoms with Gasteiger partial charge in [0.15, 0.2) is 0 Å². The summed E-state index contributed by atoms with van der Waals surface area (Å²) in [7, 11) is -3.30. The largest absolute Gasteiger partial charge is 0.313 e. The third-order valence-electron chi connectivity index (χ3n) is 3.29. The van der Waals surface area contributed by atoms with E-state index in [2.05, 4.69) is 26.0 Å². The molecule has 2 N–H and O–H groups in total. The highest BCUT2D eigenvalue weighted by atomic mass is 79.9. The zero-order valence-corrected chi connectivity index (χ0v) is 13.4. The van der Waals surface area contributed by atoms with Gasteiger partial charge in [-0.05, 0) is 50.1 Å². The van der Waals surface area contributed by atoms with Crippen LogP contribution in [0.4, 0.5) is 5.69 Å². The molecule has 1 unspecified atom stereocenters. The van der Waals surface area contributed by atoms with E-state index in [4.69, 9.17) is 0 Å². The van der Waals surface area contributed by atoms with Crippen molar-refractivity contribution in [3.05, 3.63) is 28.2 Å². The number of hydrogen-bond acceptors (Lipinski definition) is 3. The first-order valence-electron chi connectivity index (χ1n) is 6.46. The molecule has 1 aromatic rings. The normalized spacial score (nSPS) is 20.2. The SMILES string of the molecule is Cc1cc(Br)ccc1NS(=O)(=O)CC1CCCCN1. The zero-order chi connectivity index (χ0) is 13.9. The van der Waals surface area contributed by atoms with Crippen LogP contribution in [-0.2, 0) is 10.0 Å². The second-order valence-electron chi connectivity index (χ2n) is 4.99. The fourth-order valence-electron chi connectivity index (χ4n) is 2.28. The number of sulfonamides is 1. The summed E-state index contributed by atoms with van der Waals surface area (Å²) in [5.74, 6) is 0.141. The molecule has 1 aliphatic rings. The van der Waals surface area contributed by atoms with Crippen LogP contribution in [0.15, 0.2) is 22.7 Å². The van der Waals surface area contributed by atoms with Crippen molar-refractivity contribution in [1.82, 2.24) is 5.32 Å². The van der Waals surface area contributed by atoms with Crippen molar-refractivity contribution in [2.24, 2.45) is 0 Å². The van der Waals surface area contributed by atoms with Gasteiger partial charge in [-0.15, -0.1) is 0 Å². The molecule has 0 bridgehead atoms. The molecule has 2 rings (SSSR count). The first-order valence-corrected chi connectivity index (χ1v) is 8.91. The number of aryl methyl sites for hydroxylation is 1. The first kappa shape index (κ1) is 14.8. The Morgan fingerprint density at radius 1 is 1.42 bits per heavy atom. The predicted octanol–water partition coefficient (Wildman–Crippen LogP) is 2.64. The molecule has 1 aliphatic heterocycles. The molecule has 0 aromatic heterocycles. The monoisotopic (exact) mass is 346 g/mol. The Labute approximate surface area is 123 Å². The van der Waals surface area contributed by atoms with Crippen LogP contribution in [0.3, 0.4) is 0 Å². The molecule has 0 aliphatic carbocycles. The van der Waals surface area contributed by atoms with Crippen molar-refractivity contribution in [1.29, 1.82) is 0 Å². The first-order chi connectivity index (χ1) is 8.96. The van der Waals surface area contributed by atoms with Gasteiger partial charge in [0.25, 0.3) is 0 Å². The minimum atomic E-state index is -3.30. The van der Waals surface area contributed by atoms with Crippen LogP contribution in [0.25, 0.3) is 0 Å². The van der Waals surface area contributed by atoms with Gasteiger partial charge < -0.3 is 5.32 Å². The minimum Gasteiger partial charge on any atom is -0.313 e. The maximum Gasteiger partial charge on any atom is 0.234 e. The summed E-state index contributed by atoms with van der Waals surface area (Å²) >= 11 is 3.37. The number of benzene rings is 1. The summed E-state index contributed by atoms with van der Waals surface area (Å²) in [6.45, 7) is 2.80. The van der Waals surface area contributed by atoms with E-state index >= 15 is 0 Å². The second kappa shape index (κ2) is 6.24. The Hall–Kier alpha value is -0.590. The van der Waals surface area contributed by atoms with Crippen molar-refractivity contribution >= 4 is 31.6 Å². The van der Waals surface area contributed by atoms with Crippen LogP contribution in [0.1, 0.15) is 24.8 Å². The second-order valence-corrected chi connectivity index (χ2v) is 7.67. The average Bonchev–Trinajstić information content (AvgIpc) is 2.33. The molecule has 1 saturated heterocycles. The lowest BCUT2D eigenvalue weighted by molar-refractivity contribution is 0.424. The van der Waals surface area contributed by atoms with Crippen LogP contribution in [0.2, 0.25) is 0 Å². The van der Waals surface area contributed by atoms with Crippen molar-refractivity contribution in [3.8, 4) is 0 Å². The molecule has 106 valence electrons. The van der Waals surface area contributed by atoms with Gasteiger partial charge in [0, 0.05) is 10.5 Å². The number of anilines is 1. The van der Waals surface area contributed by atoms with Crippen LogP contribution in [0.5, 0.6) is 0 Å². The van der Waals surface area contributed by atoms with Crippen LogP contribution < -0.4 is 10.0 Å². The Morgan fingerprint density at radius 2 is 2.21 bits per heavy atom. The third-order valence-corrected chi connectivity index (χ3v) is 5.15. The fourth-order valence-corrected chi connectivity index (χ4v) is 4.22. The quantitative estimate of drug-likeness (QED) is 0.880. The van der Waals surface area contributed by atoms with Gasteiger partial charge in [0.1, 0.15) is 0 Å². The summed E-state index contributed by atoms with van der Waals surface area (Å²) in [6.07, 6.45) is 3.17. The van der Waals surface area contributed by atoms with Gasteiger partial charge in [-0.1, -0.05) is 22.4 Å². The highest BCUT2D eigenvalue weighted by Crippen LogP contribution is 2.21. The smallest absolute Gasteiger partial charge is 0.234 e. The van der Waals surface area contributed by atoms with Crippen LogP contribution in [0, 0.1) is 6.92 Å². The Morgan fingerprint density at radius 3 is 2.84 bits per heavy atom. The predicted molar refractivity (Wildman–Crippen MR) is 81.9 cm³/mol. The van der Waals surface area contributed by atoms with E-state index in [0.29, 0.717) is 5.69 Å². The van der Waals surface area contributed by atoms with Crippen LogP contribution >= 0.6 is 15.9 Å². The van der Waals surface area contributed by atoms with E-state index < -0.39 is 10.0 Å². The van der Waals surface area contributed by atoms with Gasteiger partial charge in [-0.3, -0.25) is 4.72 Å². The van der Waals surface area contributed by atoms with Gasteiger partial charge in [-0.2, -0.15) is 0 Å². The third kappa shape index (κ3) is 4.47. The van der Waals surface area contributed by atoms with E-state index in [1.807, 2.05) is 19.1 Å². The minimum absolute atomic E-state index is 0.0713. The molecule has 1 heterocycles. The highest BCUT2D eigenvalue weighted by Gasteiger charge is 2.21. The number of piperidine rings is 1. The Bertz CT molecular complexity index is 540. The topological polar surface area (TPSA) is 58.2 Å². The van der Waals surface area contributed by atoms with Gasteiger partial charge >= 0.3 is 0 Å². The van der Waals surface area contributed by atoms with Crippen molar-refractivity contribution < 1.29 is 8.42 Å². The average molecular weight is 347 g/mol. The maximum atomic E-state index is 12.1. The van der Waals surface area contributed by atoms with Crippen LogP contribution in [-0.4, -0.2) is 26.8 Å². The molecular formula is C13H19BrN2O2S. The van der Waals surface area contributed by atoms with E-state index in [1.54, 1.807) is 6.07 Å². The summed E-state index contributed by atoms with van der Waals surface area (Å²) in [5.41, 5.74) is 1.56. The number of rotatable bonds is 4. The fraction of sp³-hybridized carbons (Fsp3) is 0.538. The van der Waals surface area contributed by atoms with Gasteiger partial charge in [0.2, 0.25) is 10.0 Å². The lowest BCUT2D eigenvalue weighted by atomic mass is 10.1. The maximum absolute atomic E-state index is 12.1. The molecule has 6 heteroatoms. The molecule has 19 heavy (non-hydrogen) atoms. The van der Waals surface area contributed by atoms with Gasteiger partial charge in [-0.25, -0.2) is 8.42 Å². The standard InChI is InChI=1S/C13H19BrN2O2S/c1-10-8-11(14)5-6-13(10)16-19(17,18)9-12-4-2-3-7-15-12/h5-6,8,12,15-16H,2-4,7,9H2,1H3. The number of hydrogen-bond donors (Lipinski definition) is 2. The molecular weight excluding hydrogens is 328 g/mol. The number of nitrogens with one attached hydrogen (secondary N) is 2. The molecule has 0 amide bonds. The summed E-state index contributed by atoms with van der Waals surface area (Å²) < 4.78 is 27.9. The van der Waals surface area contributed by atoms with Crippen molar-refractivity contribution in [3.63, 3.8) is 0 Å². The molecule has 1 fully saturated rings. The van der Waals surface area contributed by atoms with E-state index in [-0.39, 0.29) is 11.8 Å². The van der Waals surface area contributed by atoms with E-state index in [0.717, 1.165) is 35.8 Å². The van der Waals surface area contributed by atoms with E-state index in [9.17, 15) is 8.42 Å². The highest BCUT2D eigenvalue weighted by molar-refractivity contribution is 9.10. The van der Waals surface area contributed by atoms with E-state index in [1.165, 1.54) is 0 Å². The van der Waals surface area contributed by atoms with Crippen molar-refractivity contribution in [2.45, 2.75) is 32.2 Å². The lowest BCUT2D eigenvalue weighted by Gasteiger charge is -2.23. The molecule has 0 spiro atoms. The summed E-state index contributed by atoms with van der Waals surface area (Å²) in [6, 6.07) is 5.59. The molecule has 1 atom stereocenters.